The Balaban J connectivity index is 1.85. The van der Waals surface area contributed by atoms with E-state index < -0.39 is 0 Å². The zero-order chi connectivity index (χ0) is 14.1. The smallest absolute Gasteiger partial charge is 0.247 e. The minimum absolute atomic E-state index is 0.0577. The van der Waals surface area contributed by atoms with E-state index >= 15 is 0 Å². The fourth-order valence-electron chi connectivity index (χ4n) is 2.41. The molecule has 3 rings (SSSR count). The number of anilines is 1. The molecule has 1 aliphatic heterocycles. The first-order chi connectivity index (χ1) is 9.63. The van der Waals surface area contributed by atoms with E-state index in [1.54, 1.807) is 19.3 Å². The van der Waals surface area contributed by atoms with Crippen LogP contribution in [0.3, 0.4) is 0 Å². The second kappa shape index (κ2) is 5.16. The molecule has 0 N–H and O–H groups in total. The highest BCUT2D eigenvalue weighted by molar-refractivity contribution is 5.43. The Morgan fingerprint density at radius 1 is 1.15 bits per heavy atom. The van der Waals surface area contributed by atoms with Crippen LogP contribution in [0.1, 0.15) is 30.5 Å². The van der Waals surface area contributed by atoms with Crippen LogP contribution in [0, 0.1) is 13.8 Å². The maximum Gasteiger partial charge on any atom is 0.247 e. The number of aryl methyl sites for hydroxylation is 2. The van der Waals surface area contributed by atoms with Gasteiger partial charge in [-0.3, -0.25) is 4.98 Å². The van der Waals surface area contributed by atoms with Gasteiger partial charge in [0.05, 0.1) is 18.3 Å². The molecule has 3 heterocycles. The summed E-state index contributed by atoms with van der Waals surface area (Å²) in [7, 11) is 0. The first-order valence-electron chi connectivity index (χ1n) is 6.61. The molecule has 2 aromatic rings. The summed E-state index contributed by atoms with van der Waals surface area (Å²) < 4.78 is 11.4. The maximum absolute atomic E-state index is 5.89. The van der Waals surface area contributed by atoms with Gasteiger partial charge in [-0.05, 0) is 13.8 Å². The largest absolute Gasteiger partial charge is 0.423 e. The Morgan fingerprint density at radius 3 is 2.65 bits per heavy atom. The molecule has 2 aromatic heterocycles. The Hall–Kier alpha value is -2.02. The molecule has 7 heteroatoms. The van der Waals surface area contributed by atoms with Gasteiger partial charge < -0.3 is 14.1 Å². The van der Waals surface area contributed by atoms with Crippen LogP contribution in [0.2, 0.25) is 0 Å². The molecule has 0 spiro atoms. The molecule has 0 aromatic carbocycles. The molecule has 2 atom stereocenters. The summed E-state index contributed by atoms with van der Waals surface area (Å²) >= 11 is 0. The van der Waals surface area contributed by atoms with Gasteiger partial charge in [0.15, 0.2) is 6.10 Å². The zero-order valence-electron chi connectivity index (χ0n) is 11.8. The van der Waals surface area contributed by atoms with Gasteiger partial charge in [0, 0.05) is 25.9 Å². The molecule has 7 nitrogen and oxygen atoms in total. The van der Waals surface area contributed by atoms with Gasteiger partial charge in [-0.15, -0.1) is 10.2 Å². The van der Waals surface area contributed by atoms with Crippen LogP contribution in [0.15, 0.2) is 16.8 Å². The van der Waals surface area contributed by atoms with Crippen molar-refractivity contribution in [1.82, 2.24) is 20.2 Å². The van der Waals surface area contributed by atoms with Crippen LogP contribution in [0.5, 0.6) is 0 Å². The summed E-state index contributed by atoms with van der Waals surface area (Å²) in [4.78, 5) is 10.8. The second-order valence-corrected chi connectivity index (χ2v) is 4.97. The second-order valence-electron chi connectivity index (χ2n) is 4.97. The molecule has 0 unspecified atom stereocenters. The first kappa shape index (κ1) is 13.0. The molecule has 1 fully saturated rings. The van der Waals surface area contributed by atoms with Crippen LogP contribution < -0.4 is 4.90 Å². The standard InChI is InChI=1S/C13H17N5O2/c1-8-6-18(12-9(2)14-4-5-15-12)7-11(19-8)13-17-16-10(3)20-13/h4-5,8,11H,6-7H2,1-3H3/t8-,11-/m1/s1. The molecule has 0 bridgehead atoms. The van der Waals surface area contributed by atoms with Crippen molar-refractivity contribution in [2.45, 2.75) is 33.0 Å². The van der Waals surface area contributed by atoms with Gasteiger partial charge in [-0.25, -0.2) is 4.98 Å². The van der Waals surface area contributed by atoms with Crippen molar-refractivity contribution in [2.75, 3.05) is 18.0 Å². The normalized spacial score (nSPS) is 23.1. The van der Waals surface area contributed by atoms with Crippen molar-refractivity contribution in [3.05, 3.63) is 29.9 Å². The van der Waals surface area contributed by atoms with E-state index in [1.165, 1.54) is 0 Å². The quantitative estimate of drug-likeness (QED) is 0.820. The van der Waals surface area contributed by atoms with Crippen molar-refractivity contribution in [3.63, 3.8) is 0 Å². The number of hydrogen-bond donors (Lipinski definition) is 0. The third-order valence-corrected chi connectivity index (χ3v) is 3.23. The molecule has 0 aliphatic carbocycles. The highest BCUT2D eigenvalue weighted by atomic mass is 16.5. The molecule has 106 valence electrons. The molecular weight excluding hydrogens is 258 g/mol. The first-order valence-corrected chi connectivity index (χ1v) is 6.61. The number of nitrogens with zero attached hydrogens (tertiary/aromatic N) is 5. The van der Waals surface area contributed by atoms with E-state index in [0.717, 1.165) is 18.1 Å². The summed E-state index contributed by atoms with van der Waals surface area (Å²) in [5.74, 6) is 1.94. The summed E-state index contributed by atoms with van der Waals surface area (Å²) in [6.07, 6.45) is 3.22. The van der Waals surface area contributed by atoms with Gasteiger partial charge in [0.1, 0.15) is 5.82 Å². The van der Waals surface area contributed by atoms with Crippen LogP contribution >= 0.6 is 0 Å². The Labute approximate surface area is 117 Å². The third kappa shape index (κ3) is 2.49. The zero-order valence-corrected chi connectivity index (χ0v) is 11.8. The van der Waals surface area contributed by atoms with E-state index in [-0.39, 0.29) is 12.2 Å². The lowest BCUT2D eigenvalue weighted by molar-refractivity contribution is -0.0314. The van der Waals surface area contributed by atoms with Crippen LogP contribution in [0.25, 0.3) is 0 Å². The van der Waals surface area contributed by atoms with Crippen LogP contribution in [-0.2, 0) is 4.74 Å². The molecule has 0 saturated carbocycles. The van der Waals surface area contributed by atoms with E-state index in [9.17, 15) is 0 Å². The maximum atomic E-state index is 5.89. The average Bonchev–Trinajstić information content (AvgIpc) is 2.85. The lowest BCUT2D eigenvalue weighted by Gasteiger charge is -2.36. The molecule has 20 heavy (non-hydrogen) atoms. The van der Waals surface area contributed by atoms with Gasteiger partial charge in [0.2, 0.25) is 11.8 Å². The fraction of sp³-hybridized carbons (Fsp3) is 0.538. The van der Waals surface area contributed by atoms with Gasteiger partial charge in [0.25, 0.3) is 0 Å². The van der Waals surface area contributed by atoms with Crippen molar-refractivity contribution < 1.29 is 9.15 Å². The van der Waals surface area contributed by atoms with Gasteiger partial charge >= 0.3 is 0 Å². The minimum atomic E-state index is -0.235. The number of aromatic nitrogens is 4. The van der Waals surface area contributed by atoms with E-state index in [4.69, 9.17) is 9.15 Å². The lowest BCUT2D eigenvalue weighted by atomic mass is 10.2. The summed E-state index contributed by atoms with van der Waals surface area (Å²) in [6, 6.07) is 0. The molecular formula is C13H17N5O2. The summed E-state index contributed by atoms with van der Waals surface area (Å²) in [5, 5.41) is 7.91. The fourth-order valence-corrected chi connectivity index (χ4v) is 2.41. The van der Waals surface area contributed by atoms with Crippen molar-refractivity contribution in [1.29, 1.82) is 0 Å². The van der Waals surface area contributed by atoms with Gasteiger partial charge in [-0.1, -0.05) is 0 Å². The predicted molar refractivity (Wildman–Crippen MR) is 71.3 cm³/mol. The Kier molecular flexibility index (Phi) is 3.35. The molecule has 0 radical (unpaired) electrons. The highest BCUT2D eigenvalue weighted by Crippen LogP contribution is 2.27. The third-order valence-electron chi connectivity index (χ3n) is 3.23. The number of morpholine rings is 1. The monoisotopic (exact) mass is 275 g/mol. The average molecular weight is 275 g/mol. The number of hydrogen-bond acceptors (Lipinski definition) is 7. The summed E-state index contributed by atoms with van der Waals surface area (Å²) in [6.45, 7) is 7.14. The van der Waals surface area contributed by atoms with Crippen molar-refractivity contribution in [3.8, 4) is 0 Å². The van der Waals surface area contributed by atoms with Crippen LogP contribution in [-0.4, -0.2) is 39.4 Å². The number of rotatable bonds is 2. The molecule has 1 saturated heterocycles. The highest BCUT2D eigenvalue weighted by Gasteiger charge is 2.31. The molecule has 0 amide bonds. The Bertz CT molecular complexity index is 600. The molecule has 1 aliphatic rings. The van der Waals surface area contributed by atoms with Crippen LogP contribution in [0.4, 0.5) is 5.82 Å². The number of ether oxygens (including phenoxy) is 1. The Morgan fingerprint density at radius 2 is 1.95 bits per heavy atom. The summed E-state index contributed by atoms with van der Waals surface area (Å²) in [5.41, 5.74) is 0.905. The van der Waals surface area contributed by atoms with Crippen molar-refractivity contribution in [2.24, 2.45) is 0 Å². The minimum Gasteiger partial charge on any atom is -0.423 e. The van der Waals surface area contributed by atoms with Gasteiger partial charge in [-0.2, -0.15) is 0 Å². The predicted octanol–water partition coefficient (Wildman–Crippen LogP) is 1.44. The topological polar surface area (TPSA) is 77.2 Å². The lowest BCUT2D eigenvalue weighted by Crippen LogP contribution is -2.43. The van der Waals surface area contributed by atoms with E-state index in [1.807, 2.05) is 13.8 Å². The van der Waals surface area contributed by atoms with E-state index in [2.05, 4.69) is 25.1 Å². The van der Waals surface area contributed by atoms with E-state index in [0.29, 0.717) is 18.3 Å². The SMILES string of the molecule is Cc1nnc([C@H]2CN(c3nccnc3C)C[C@@H](C)O2)o1. The van der Waals surface area contributed by atoms with Crippen molar-refractivity contribution >= 4 is 5.82 Å².